The van der Waals surface area contributed by atoms with Crippen LogP contribution in [0.15, 0.2) is 46.8 Å². The van der Waals surface area contributed by atoms with Crippen molar-refractivity contribution in [2.75, 3.05) is 47.6 Å². The predicted octanol–water partition coefficient (Wildman–Crippen LogP) is 2.87. The zero-order valence-electron chi connectivity index (χ0n) is 18.1. The van der Waals surface area contributed by atoms with Gasteiger partial charge >= 0.3 is 11.9 Å². The van der Waals surface area contributed by atoms with Crippen LogP contribution in [-0.4, -0.2) is 64.4 Å². The molecule has 7 nitrogen and oxygen atoms in total. The molecule has 0 saturated carbocycles. The van der Waals surface area contributed by atoms with E-state index in [-0.39, 0.29) is 13.2 Å². The van der Waals surface area contributed by atoms with Gasteiger partial charge in [-0.25, -0.2) is 9.59 Å². The van der Waals surface area contributed by atoms with Crippen LogP contribution < -0.4 is 5.32 Å². The highest BCUT2D eigenvalue weighted by atomic mass is 35.5. The Hall–Kier alpha value is -2.35. The summed E-state index contributed by atoms with van der Waals surface area (Å²) in [7, 11) is 5.21. The minimum Gasteiger partial charge on any atom is -0.466 e. The molecule has 30 heavy (non-hydrogen) atoms. The van der Waals surface area contributed by atoms with Gasteiger partial charge in [-0.1, -0.05) is 29.8 Å². The molecule has 0 bridgehead atoms. The van der Waals surface area contributed by atoms with Gasteiger partial charge in [-0.2, -0.15) is 0 Å². The molecule has 1 heterocycles. The summed E-state index contributed by atoms with van der Waals surface area (Å²) in [6, 6.07) is 7.11. The van der Waals surface area contributed by atoms with Crippen LogP contribution in [0.1, 0.15) is 25.3 Å². The highest BCUT2D eigenvalue weighted by molar-refractivity contribution is 6.31. The van der Waals surface area contributed by atoms with E-state index in [0.29, 0.717) is 39.7 Å². The van der Waals surface area contributed by atoms with Gasteiger partial charge in [0.25, 0.3) is 0 Å². The zero-order chi connectivity index (χ0) is 22.3. The first-order valence-electron chi connectivity index (χ1n) is 9.74. The molecule has 0 radical (unpaired) electrons. The molecule has 1 N–H and O–H groups in total. The second-order valence-corrected chi connectivity index (χ2v) is 7.49. The number of esters is 2. The average molecular weight is 437 g/mol. The molecule has 2 rings (SSSR count). The number of ether oxygens (including phenoxy) is 3. The Morgan fingerprint density at radius 1 is 1.17 bits per heavy atom. The third-order valence-electron chi connectivity index (χ3n) is 4.69. The van der Waals surface area contributed by atoms with Gasteiger partial charge < -0.3 is 24.4 Å². The molecule has 1 unspecified atom stereocenters. The number of dihydropyridines is 1. The average Bonchev–Trinajstić information content (AvgIpc) is 2.70. The number of halogens is 1. The number of nitrogens with zero attached hydrogens (tertiary/aromatic N) is 1. The Bertz CT molecular complexity index is 848. The van der Waals surface area contributed by atoms with Crippen molar-refractivity contribution in [1.82, 2.24) is 10.2 Å². The molecule has 8 heteroatoms. The third kappa shape index (κ3) is 5.62. The maximum Gasteiger partial charge on any atom is 0.336 e. The van der Waals surface area contributed by atoms with Gasteiger partial charge in [0.15, 0.2) is 0 Å². The summed E-state index contributed by atoms with van der Waals surface area (Å²) < 4.78 is 16.1. The van der Waals surface area contributed by atoms with Gasteiger partial charge in [0.2, 0.25) is 0 Å². The van der Waals surface area contributed by atoms with Gasteiger partial charge in [-0.15, -0.1) is 0 Å². The maximum absolute atomic E-state index is 13.0. The Labute approximate surface area is 182 Å². The van der Waals surface area contributed by atoms with Crippen molar-refractivity contribution >= 4 is 23.5 Å². The maximum atomic E-state index is 13.0. The molecule has 0 saturated heterocycles. The quantitative estimate of drug-likeness (QED) is 0.471. The van der Waals surface area contributed by atoms with Crippen LogP contribution in [0.4, 0.5) is 0 Å². The first kappa shape index (κ1) is 23.9. The van der Waals surface area contributed by atoms with E-state index < -0.39 is 17.9 Å². The number of carbonyl (C=O) groups excluding carboxylic acids is 2. The van der Waals surface area contributed by atoms with E-state index in [1.807, 2.05) is 25.1 Å². The fourth-order valence-corrected chi connectivity index (χ4v) is 3.53. The number of hydrogen-bond acceptors (Lipinski definition) is 7. The lowest BCUT2D eigenvalue weighted by Gasteiger charge is -2.31. The Kier molecular flexibility index (Phi) is 8.89. The van der Waals surface area contributed by atoms with E-state index in [2.05, 4.69) is 5.32 Å². The molecule has 1 aliphatic rings. The van der Waals surface area contributed by atoms with Crippen LogP contribution in [0.2, 0.25) is 5.02 Å². The summed E-state index contributed by atoms with van der Waals surface area (Å²) in [6.07, 6.45) is 0. The molecule has 0 amide bonds. The SMILES string of the molecule is CCOC(=O)C1=C(COCCN(C)C)NC(C)=C(C(=O)OC)C1c1ccccc1Cl. The minimum atomic E-state index is -0.737. The number of carbonyl (C=O) groups is 2. The van der Waals surface area contributed by atoms with Crippen LogP contribution in [0.25, 0.3) is 0 Å². The van der Waals surface area contributed by atoms with E-state index >= 15 is 0 Å². The van der Waals surface area contributed by atoms with Crippen molar-refractivity contribution in [2.45, 2.75) is 19.8 Å². The monoisotopic (exact) mass is 436 g/mol. The van der Waals surface area contributed by atoms with Crippen LogP contribution >= 0.6 is 11.6 Å². The van der Waals surface area contributed by atoms with Gasteiger partial charge in [0, 0.05) is 17.3 Å². The number of allylic oxidation sites excluding steroid dienone is 1. The number of nitrogens with one attached hydrogen (secondary N) is 1. The molecule has 0 aromatic heterocycles. The van der Waals surface area contributed by atoms with Gasteiger partial charge in [-0.05, 0) is 39.6 Å². The first-order valence-corrected chi connectivity index (χ1v) is 10.1. The van der Waals surface area contributed by atoms with E-state index in [4.69, 9.17) is 25.8 Å². The summed E-state index contributed by atoms with van der Waals surface area (Å²) in [5.74, 6) is -1.81. The number of hydrogen-bond donors (Lipinski definition) is 1. The summed E-state index contributed by atoms with van der Waals surface area (Å²) in [5.41, 5.74) is 2.34. The molecule has 0 aliphatic carbocycles. The van der Waals surface area contributed by atoms with Crippen LogP contribution in [0.5, 0.6) is 0 Å². The minimum absolute atomic E-state index is 0.161. The van der Waals surface area contributed by atoms with Gasteiger partial charge in [0.1, 0.15) is 0 Å². The lowest BCUT2D eigenvalue weighted by atomic mass is 9.80. The smallest absolute Gasteiger partial charge is 0.336 e. The summed E-state index contributed by atoms with van der Waals surface area (Å²) in [4.78, 5) is 27.7. The normalized spacial score (nSPS) is 16.6. The van der Waals surface area contributed by atoms with E-state index in [0.717, 1.165) is 6.54 Å². The van der Waals surface area contributed by atoms with Crippen LogP contribution in [0, 0.1) is 0 Å². The molecule has 0 spiro atoms. The van der Waals surface area contributed by atoms with E-state index in [1.54, 1.807) is 32.0 Å². The molecule has 0 fully saturated rings. The van der Waals surface area contributed by atoms with Crippen LogP contribution in [0.3, 0.4) is 0 Å². The highest BCUT2D eigenvalue weighted by Gasteiger charge is 2.39. The summed E-state index contributed by atoms with van der Waals surface area (Å²) in [5, 5.41) is 3.59. The Morgan fingerprint density at radius 2 is 1.87 bits per heavy atom. The molecular weight excluding hydrogens is 408 g/mol. The highest BCUT2D eigenvalue weighted by Crippen LogP contribution is 2.41. The van der Waals surface area contributed by atoms with Crippen molar-refractivity contribution in [2.24, 2.45) is 0 Å². The third-order valence-corrected chi connectivity index (χ3v) is 5.04. The summed E-state index contributed by atoms with van der Waals surface area (Å²) in [6.45, 7) is 5.07. The fraction of sp³-hybridized carbons (Fsp3) is 0.455. The largest absolute Gasteiger partial charge is 0.466 e. The fourth-order valence-electron chi connectivity index (χ4n) is 3.28. The predicted molar refractivity (Wildman–Crippen MR) is 115 cm³/mol. The summed E-state index contributed by atoms with van der Waals surface area (Å²) >= 11 is 6.47. The second kappa shape index (κ2) is 11.2. The number of benzene rings is 1. The molecule has 1 atom stereocenters. The Balaban J connectivity index is 2.58. The molecule has 164 valence electrons. The van der Waals surface area contributed by atoms with E-state index in [1.165, 1.54) is 7.11 Å². The number of rotatable bonds is 9. The van der Waals surface area contributed by atoms with Crippen molar-refractivity contribution in [3.63, 3.8) is 0 Å². The standard InChI is InChI=1S/C22H29ClN2O5/c1-6-30-22(27)20-17(13-29-12-11-25(3)4)24-14(2)18(21(26)28-5)19(20)15-9-7-8-10-16(15)23/h7-10,19,24H,6,11-13H2,1-5H3. The number of likely N-dealkylation sites (N-methyl/N-ethyl adjacent to an activating group) is 1. The van der Waals surface area contributed by atoms with Crippen molar-refractivity contribution in [1.29, 1.82) is 0 Å². The second-order valence-electron chi connectivity index (χ2n) is 7.08. The van der Waals surface area contributed by atoms with Gasteiger partial charge in [0.05, 0.1) is 49.7 Å². The molecular formula is C22H29ClN2O5. The lowest BCUT2D eigenvalue weighted by molar-refractivity contribution is -0.139. The van der Waals surface area contributed by atoms with E-state index in [9.17, 15) is 9.59 Å². The molecule has 1 aromatic rings. The molecule has 1 aromatic carbocycles. The van der Waals surface area contributed by atoms with Crippen LogP contribution in [-0.2, 0) is 23.8 Å². The van der Waals surface area contributed by atoms with Crippen molar-refractivity contribution in [3.05, 3.63) is 57.4 Å². The topological polar surface area (TPSA) is 77.1 Å². The Morgan fingerprint density at radius 3 is 2.47 bits per heavy atom. The lowest BCUT2D eigenvalue weighted by Crippen LogP contribution is -2.35. The first-order chi connectivity index (χ1) is 14.3. The van der Waals surface area contributed by atoms with Crippen molar-refractivity contribution in [3.8, 4) is 0 Å². The van der Waals surface area contributed by atoms with Crippen molar-refractivity contribution < 1.29 is 23.8 Å². The number of methoxy groups -OCH3 is 1. The molecule has 1 aliphatic heterocycles. The van der Waals surface area contributed by atoms with Gasteiger partial charge in [-0.3, -0.25) is 0 Å². The zero-order valence-corrected chi connectivity index (χ0v) is 18.8.